The second-order valence-electron chi connectivity index (χ2n) is 9.63. The molecular formula is C29H33N5O2. The van der Waals surface area contributed by atoms with E-state index in [0.717, 1.165) is 65.4 Å². The SMILES string of the molecule is CCCCN1CCc2cc(-c3cnc4[nH]cc(-c5ccc(C(=O)N(C)C)cc5)c4n3)cc(OC)c2C1. The number of aromatic amines is 1. The predicted molar refractivity (Wildman–Crippen MR) is 143 cm³/mol. The number of benzene rings is 2. The molecular weight excluding hydrogens is 450 g/mol. The van der Waals surface area contributed by atoms with Crippen LogP contribution in [0.15, 0.2) is 48.8 Å². The van der Waals surface area contributed by atoms with E-state index in [0.29, 0.717) is 5.56 Å². The third-order valence-electron chi connectivity index (χ3n) is 6.95. The summed E-state index contributed by atoms with van der Waals surface area (Å²) in [6.07, 6.45) is 7.18. The number of nitrogens with zero attached hydrogens (tertiary/aromatic N) is 4. The number of unbranched alkanes of at least 4 members (excludes halogenated alkanes) is 1. The molecule has 1 N–H and O–H groups in total. The van der Waals surface area contributed by atoms with E-state index in [1.165, 1.54) is 24.0 Å². The molecule has 7 heteroatoms. The zero-order valence-electron chi connectivity index (χ0n) is 21.5. The highest BCUT2D eigenvalue weighted by molar-refractivity contribution is 5.96. The van der Waals surface area contributed by atoms with Crippen LogP contribution in [0.4, 0.5) is 0 Å². The van der Waals surface area contributed by atoms with Gasteiger partial charge in [-0.15, -0.1) is 0 Å². The Morgan fingerprint density at radius 3 is 2.69 bits per heavy atom. The summed E-state index contributed by atoms with van der Waals surface area (Å²) in [7, 11) is 5.25. The van der Waals surface area contributed by atoms with Gasteiger partial charge in [0.2, 0.25) is 0 Å². The first-order chi connectivity index (χ1) is 17.5. The van der Waals surface area contributed by atoms with E-state index in [4.69, 9.17) is 9.72 Å². The minimum atomic E-state index is -0.0163. The summed E-state index contributed by atoms with van der Waals surface area (Å²) >= 11 is 0. The van der Waals surface area contributed by atoms with Crippen LogP contribution < -0.4 is 4.74 Å². The number of hydrogen-bond acceptors (Lipinski definition) is 5. The van der Waals surface area contributed by atoms with Crippen LogP contribution in [-0.4, -0.2) is 65.0 Å². The molecule has 3 heterocycles. The second kappa shape index (κ2) is 10.1. The fraction of sp³-hybridized carbons (Fsp3) is 0.345. The van der Waals surface area contributed by atoms with E-state index in [-0.39, 0.29) is 5.91 Å². The van der Waals surface area contributed by atoms with Gasteiger partial charge < -0.3 is 14.6 Å². The van der Waals surface area contributed by atoms with Crippen molar-refractivity contribution in [2.45, 2.75) is 32.7 Å². The predicted octanol–water partition coefficient (Wildman–Crippen LogP) is 5.16. The number of ether oxygens (including phenoxy) is 1. The number of amides is 1. The molecule has 1 aliphatic heterocycles. The molecule has 7 nitrogen and oxygen atoms in total. The van der Waals surface area contributed by atoms with Crippen molar-refractivity contribution in [3.05, 3.63) is 65.5 Å². The summed E-state index contributed by atoms with van der Waals surface area (Å²) in [4.78, 5) is 29.3. The molecule has 0 saturated heterocycles. The normalized spacial score (nSPS) is 13.6. The smallest absolute Gasteiger partial charge is 0.253 e. The number of fused-ring (bicyclic) bond motifs is 2. The van der Waals surface area contributed by atoms with Gasteiger partial charge in [0.15, 0.2) is 5.65 Å². The Hall–Kier alpha value is -3.71. The zero-order valence-corrected chi connectivity index (χ0v) is 21.5. The maximum absolute atomic E-state index is 12.3. The average molecular weight is 484 g/mol. The van der Waals surface area contributed by atoms with Gasteiger partial charge in [-0.25, -0.2) is 9.97 Å². The molecule has 0 saturated carbocycles. The van der Waals surface area contributed by atoms with E-state index in [9.17, 15) is 4.79 Å². The number of carbonyl (C=O) groups excluding carboxylic acids is 1. The summed E-state index contributed by atoms with van der Waals surface area (Å²) in [5, 5.41) is 0. The van der Waals surface area contributed by atoms with Crippen molar-refractivity contribution >= 4 is 17.1 Å². The molecule has 1 amide bonds. The molecule has 36 heavy (non-hydrogen) atoms. The number of hydrogen-bond donors (Lipinski definition) is 1. The maximum Gasteiger partial charge on any atom is 0.253 e. The van der Waals surface area contributed by atoms with Crippen LogP contribution in [-0.2, 0) is 13.0 Å². The Kier molecular flexibility index (Phi) is 6.74. The number of aromatic nitrogens is 3. The molecule has 0 fully saturated rings. The third kappa shape index (κ3) is 4.58. The molecule has 0 unspecified atom stereocenters. The van der Waals surface area contributed by atoms with E-state index >= 15 is 0 Å². The molecule has 1 aliphatic rings. The lowest BCUT2D eigenvalue weighted by Crippen LogP contribution is -2.31. The lowest BCUT2D eigenvalue weighted by atomic mass is 9.95. The summed E-state index contributed by atoms with van der Waals surface area (Å²) in [6, 6.07) is 12.0. The summed E-state index contributed by atoms with van der Waals surface area (Å²) in [5.41, 5.74) is 8.59. The fourth-order valence-corrected chi connectivity index (χ4v) is 4.89. The van der Waals surface area contributed by atoms with E-state index in [1.54, 1.807) is 26.1 Å². The van der Waals surface area contributed by atoms with Gasteiger partial charge in [0, 0.05) is 55.6 Å². The number of rotatable bonds is 7. The van der Waals surface area contributed by atoms with Gasteiger partial charge in [-0.05, 0) is 54.8 Å². The van der Waals surface area contributed by atoms with Crippen LogP contribution in [0.1, 0.15) is 41.3 Å². The van der Waals surface area contributed by atoms with Crippen LogP contribution in [0.3, 0.4) is 0 Å². The Morgan fingerprint density at radius 1 is 1.17 bits per heavy atom. The van der Waals surface area contributed by atoms with Gasteiger partial charge in [-0.1, -0.05) is 25.5 Å². The van der Waals surface area contributed by atoms with Crippen LogP contribution in [0.5, 0.6) is 5.75 Å². The average Bonchev–Trinajstić information content (AvgIpc) is 3.34. The zero-order chi connectivity index (χ0) is 25.2. The van der Waals surface area contributed by atoms with Crippen molar-refractivity contribution in [2.24, 2.45) is 0 Å². The van der Waals surface area contributed by atoms with Crippen molar-refractivity contribution in [2.75, 3.05) is 34.3 Å². The van der Waals surface area contributed by atoms with Crippen LogP contribution >= 0.6 is 0 Å². The second-order valence-corrected chi connectivity index (χ2v) is 9.63. The molecule has 186 valence electrons. The number of nitrogens with one attached hydrogen (secondary N) is 1. The van der Waals surface area contributed by atoms with Crippen molar-refractivity contribution in [1.82, 2.24) is 24.8 Å². The molecule has 4 aromatic rings. The van der Waals surface area contributed by atoms with Crippen molar-refractivity contribution in [1.29, 1.82) is 0 Å². The summed E-state index contributed by atoms with van der Waals surface area (Å²) < 4.78 is 5.83. The quantitative estimate of drug-likeness (QED) is 0.393. The van der Waals surface area contributed by atoms with Gasteiger partial charge in [0.25, 0.3) is 5.91 Å². The summed E-state index contributed by atoms with van der Waals surface area (Å²) in [5.74, 6) is 0.901. The minimum Gasteiger partial charge on any atom is -0.496 e. The summed E-state index contributed by atoms with van der Waals surface area (Å²) in [6.45, 7) is 5.36. The van der Waals surface area contributed by atoms with Crippen LogP contribution in [0, 0.1) is 0 Å². The highest BCUT2D eigenvalue weighted by Crippen LogP contribution is 2.35. The first kappa shape index (κ1) is 24.0. The Balaban J connectivity index is 1.49. The number of H-pyrrole nitrogens is 1. The van der Waals surface area contributed by atoms with E-state index in [1.807, 2.05) is 36.7 Å². The van der Waals surface area contributed by atoms with Gasteiger partial charge in [0.1, 0.15) is 11.3 Å². The van der Waals surface area contributed by atoms with Gasteiger partial charge in [0.05, 0.1) is 19.0 Å². The molecule has 0 radical (unpaired) electrons. The van der Waals surface area contributed by atoms with E-state index < -0.39 is 0 Å². The molecule has 0 bridgehead atoms. The Labute approximate surface area is 212 Å². The third-order valence-corrected chi connectivity index (χ3v) is 6.95. The Bertz CT molecular complexity index is 1370. The molecule has 2 aromatic heterocycles. The lowest BCUT2D eigenvalue weighted by Gasteiger charge is -2.30. The number of methoxy groups -OCH3 is 1. The topological polar surface area (TPSA) is 74.4 Å². The molecule has 5 rings (SSSR count). The van der Waals surface area contributed by atoms with Gasteiger partial charge in [-0.2, -0.15) is 0 Å². The Morgan fingerprint density at radius 2 is 1.97 bits per heavy atom. The fourth-order valence-electron chi connectivity index (χ4n) is 4.89. The van der Waals surface area contributed by atoms with Gasteiger partial charge in [-0.3, -0.25) is 9.69 Å². The van der Waals surface area contributed by atoms with Gasteiger partial charge >= 0.3 is 0 Å². The molecule has 2 aromatic carbocycles. The van der Waals surface area contributed by atoms with Crippen molar-refractivity contribution in [3.8, 4) is 28.1 Å². The maximum atomic E-state index is 12.3. The lowest BCUT2D eigenvalue weighted by molar-refractivity contribution is 0.0827. The van der Waals surface area contributed by atoms with E-state index in [2.05, 4.69) is 33.9 Å². The van der Waals surface area contributed by atoms with Crippen molar-refractivity contribution < 1.29 is 9.53 Å². The highest BCUT2D eigenvalue weighted by atomic mass is 16.5. The van der Waals surface area contributed by atoms with Crippen LogP contribution in [0.25, 0.3) is 33.5 Å². The highest BCUT2D eigenvalue weighted by Gasteiger charge is 2.21. The number of carbonyl (C=O) groups is 1. The first-order valence-corrected chi connectivity index (χ1v) is 12.6. The molecule has 0 atom stereocenters. The monoisotopic (exact) mass is 483 g/mol. The van der Waals surface area contributed by atoms with Crippen molar-refractivity contribution in [3.63, 3.8) is 0 Å². The molecule has 0 spiro atoms. The standard InChI is InChI=1S/C29H33N5O2/c1-5-6-12-34-13-11-21-14-22(15-26(36-4)24(21)18-34)25-17-31-28-27(32-25)23(16-30-28)19-7-9-20(10-8-19)29(35)33(2)3/h7-10,14-17H,5-6,11-13,18H2,1-4H3,(H,30,31). The first-order valence-electron chi connectivity index (χ1n) is 12.6. The minimum absolute atomic E-state index is 0.0163. The van der Waals surface area contributed by atoms with Crippen LogP contribution in [0.2, 0.25) is 0 Å². The largest absolute Gasteiger partial charge is 0.496 e. The molecule has 0 aliphatic carbocycles.